The average Bonchev–Trinajstić information content (AvgIpc) is 2.23. The van der Waals surface area contributed by atoms with E-state index in [1.54, 1.807) is 14.2 Å². The van der Waals surface area contributed by atoms with E-state index in [2.05, 4.69) is 4.99 Å². The second-order valence-electron chi connectivity index (χ2n) is 2.60. The lowest BCUT2D eigenvalue weighted by molar-refractivity contribution is 0.103. The topological polar surface area (TPSA) is 57.1 Å². The summed E-state index contributed by atoms with van der Waals surface area (Å²) < 4.78 is 16.0. The minimum absolute atomic E-state index is 0.443. The fraction of sp³-hybridized carbons (Fsp3) is 0.875. The highest BCUT2D eigenvalue weighted by molar-refractivity contribution is 6.60. The SMILES string of the molecule is CCO[Si](CCCN=C=O)(OC)OC. The van der Waals surface area contributed by atoms with Crippen LogP contribution in [0.25, 0.3) is 0 Å². The third-order valence-electron chi connectivity index (χ3n) is 1.80. The summed E-state index contributed by atoms with van der Waals surface area (Å²) >= 11 is 0. The molecule has 0 aliphatic carbocycles. The standard InChI is InChI=1S/C8H17NO4Si/c1-4-13-14(11-2,12-3)7-5-6-9-8-10/h4-7H2,1-3H3. The minimum Gasteiger partial charge on any atom is -0.377 e. The Balaban J connectivity index is 3.99. The van der Waals surface area contributed by atoms with Gasteiger partial charge in [0.1, 0.15) is 0 Å². The Labute approximate surface area is 85.4 Å². The predicted molar refractivity (Wildman–Crippen MR) is 53.8 cm³/mol. The molecule has 0 heterocycles. The molecular formula is C8H17NO4Si. The molecular weight excluding hydrogens is 202 g/mol. The first kappa shape index (κ1) is 13.5. The molecule has 82 valence electrons. The number of carbonyl (C=O) groups excluding carboxylic acids is 1. The summed E-state index contributed by atoms with van der Waals surface area (Å²) in [7, 11) is 0.672. The van der Waals surface area contributed by atoms with E-state index in [0.29, 0.717) is 25.6 Å². The number of hydrogen-bond acceptors (Lipinski definition) is 5. The first-order chi connectivity index (χ1) is 6.74. The highest BCUT2D eigenvalue weighted by atomic mass is 28.4. The van der Waals surface area contributed by atoms with Gasteiger partial charge in [0.2, 0.25) is 6.08 Å². The fourth-order valence-corrected chi connectivity index (χ4v) is 3.10. The molecule has 0 amide bonds. The van der Waals surface area contributed by atoms with Crippen LogP contribution in [0.5, 0.6) is 0 Å². The number of isocyanates is 1. The first-order valence-corrected chi connectivity index (χ1v) is 6.45. The molecule has 0 radical (unpaired) electrons. The van der Waals surface area contributed by atoms with Crippen LogP contribution in [0.2, 0.25) is 6.04 Å². The number of aliphatic imine (C=N–C) groups is 1. The average molecular weight is 219 g/mol. The van der Waals surface area contributed by atoms with Gasteiger partial charge in [-0.1, -0.05) is 0 Å². The van der Waals surface area contributed by atoms with E-state index < -0.39 is 8.80 Å². The van der Waals surface area contributed by atoms with Gasteiger partial charge in [0.05, 0.1) is 6.54 Å². The maximum absolute atomic E-state index is 9.82. The molecule has 0 atom stereocenters. The summed E-state index contributed by atoms with van der Waals surface area (Å²) in [5.41, 5.74) is 0. The molecule has 0 fully saturated rings. The minimum atomic E-state index is -2.48. The Morgan fingerprint density at radius 3 is 2.43 bits per heavy atom. The quantitative estimate of drug-likeness (QED) is 0.264. The van der Waals surface area contributed by atoms with E-state index in [1.165, 1.54) is 6.08 Å². The van der Waals surface area contributed by atoms with Crippen molar-refractivity contribution in [3.05, 3.63) is 0 Å². The van der Waals surface area contributed by atoms with Crippen LogP contribution in [0.4, 0.5) is 0 Å². The van der Waals surface area contributed by atoms with Crippen molar-refractivity contribution in [2.75, 3.05) is 27.4 Å². The lowest BCUT2D eigenvalue weighted by Crippen LogP contribution is -2.43. The van der Waals surface area contributed by atoms with Gasteiger partial charge in [-0.25, -0.2) is 9.79 Å². The monoisotopic (exact) mass is 219 g/mol. The maximum Gasteiger partial charge on any atom is 0.500 e. The van der Waals surface area contributed by atoms with Crippen LogP contribution < -0.4 is 0 Å². The zero-order valence-corrected chi connectivity index (χ0v) is 9.91. The van der Waals surface area contributed by atoms with Gasteiger partial charge in [-0.05, 0) is 13.3 Å². The smallest absolute Gasteiger partial charge is 0.377 e. The Morgan fingerprint density at radius 1 is 1.36 bits per heavy atom. The van der Waals surface area contributed by atoms with Crippen LogP contribution >= 0.6 is 0 Å². The zero-order valence-electron chi connectivity index (χ0n) is 8.91. The van der Waals surface area contributed by atoms with Gasteiger partial charge in [-0.2, -0.15) is 0 Å². The number of nitrogens with zero attached hydrogens (tertiary/aromatic N) is 1. The third-order valence-corrected chi connectivity index (χ3v) is 4.74. The van der Waals surface area contributed by atoms with Crippen molar-refractivity contribution in [2.45, 2.75) is 19.4 Å². The second-order valence-corrected chi connectivity index (χ2v) is 5.57. The van der Waals surface area contributed by atoms with Gasteiger partial charge in [0, 0.05) is 26.9 Å². The molecule has 6 heteroatoms. The molecule has 0 unspecified atom stereocenters. The maximum atomic E-state index is 9.82. The van der Waals surface area contributed by atoms with Gasteiger partial charge in [0.15, 0.2) is 0 Å². The van der Waals surface area contributed by atoms with E-state index in [-0.39, 0.29) is 0 Å². The molecule has 0 saturated carbocycles. The highest BCUT2D eigenvalue weighted by Crippen LogP contribution is 2.15. The lowest BCUT2D eigenvalue weighted by Gasteiger charge is -2.25. The van der Waals surface area contributed by atoms with Gasteiger partial charge >= 0.3 is 8.80 Å². The van der Waals surface area contributed by atoms with Crippen molar-refractivity contribution in [2.24, 2.45) is 4.99 Å². The number of hydrogen-bond donors (Lipinski definition) is 0. The van der Waals surface area contributed by atoms with E-state index in [0.717, 1.165) is 0 Å². The zero-order chi connectivity index (χ0) is 10.9. The summed E-state index contributed by atoms with van der Waals surface area (Å²) in [6.07, 6.45) is 2.20. The van der Waals surface area contributed by atoms with Crippen molar-refractivity contribution >= 4 is 14.9 Å². The summed E-state index contributed by atoms with van der Waals surface area (Å²) in [6.45, 7) is 2.90. The number of rotatable bonds is 8. The normalized spacial score (nSPS) is 11.1. The fourth-order valence-electron chi connectivity index (χ4n) is 1.12. The Kier molecular flexibility index (Phi) is 7.55. The molecule has 14 heavy (non-hydrogen) atoms. The van der Waals surface area contributed by atoms with Gasteiger partial charge in [0.25, 0.3) is 0 Å². The van der Waals surface area contributed by atoms with Crippen LogP contribution in [-0.2, 0) is 18.1 Å². The van der Waals surface area contributed by atoms with Crippen LogP contribution in [0.1, 0.15) is 13.3 Å². The van der Waals surface area contributed by atoms with Crippen molar-refractivity contribution in [3.63, 3.8) is 0 Å². The second kappa shape index (κ2) is 7.84. The third kappa shape index (κ3) is 4.64. The summed E-state index contributed by atoms with van der Waals surface area (Å²) in [5, 5.41) is 0. The van der Waals surface area contributed by atoms with E-state index >= 15 is 0 Å². The molecule has 0 aromatic rings. The Hall–Kier alpha value is -0.523. The van der Waals surface area contributed by atoms with Crippen LogP contribution in [0.3, 0.4) is 0 Å². The molecule has 0 aromatic heterocycles. The largest absolute Gasteiger partial charge is 0.500 e. The molecule has 0 aliphatic heterocycles. The van der Waals surface area contributed by atoms with Crippen molar-refractivity contribution in [3.8, 4) is 0 Å². The molecule has 0 N–H and O–H groups in total. The van der Waals surface area contributed by atoms with Crippen molar-refractivity contribution in [1.29, 1.82) is 0 Å². The van der Waals surface area contributed by atoms with Crippen LogP contribution in [-0.4, -0.2) is 42.3 Å². The first-order valence-electron chi connectivity index (χ1n) is 4.52. The van der Waals surface area contributed by atoms with Crippen molar-refractivity contribution in [1.82, 2.24) is 0 Å². The van der Waals surface area contributed by atoms with Crippen LogP contribution in [0, 0.1) is 0 Å². The lowest BCUT2D eigenvalue weighted by atomic mass is 10.5. The van der Waals surface area contributed by atoms with Crippen molar-refractivity contribution < 1.29 is 18.1 Å². The predicted octanol–water partition coefficient (Wildman–Crippen LogP) is 0.980. The van der Waals surface area contributed by atoms with Gasteiger partial charge < -0.3 is 13.3 Å². The van der Waals surface area contributed by atoms with E-state index in [4.69, 9.17) is 13.3 Å². The Bertz CT molecular complexity index is 190. The highest BCUT2D eigenvalue weighted by Gasteiger charge is 2.37. The summed E-state index contributed by atoms with van der Waals surface area (Å²) in [6, 6.07) is 0.666. The van der Waals surface area contributed by atoms with E-state index in [9.17, 15) is 4.79 Å². The molecule has 0 saturated heterocycles. The van der Waals surface area contributed by atoms with Gasteiger partial charge in [-0.15, -0.1) is 0 Å². The Morgan fingerprint density at radius 2 is 2.00 bits per heavy atom. The van der Waals surface area contributed by atoms with Gasteiger partial charge in [-0.3, -0.25) is 0 Å². The molecule has 0 rings (SSSR count). The molecule has 0 aliphatic rings. The molecule has 0 bridgehead atoms. The molecule has 0 spiro atoms. The van der Waals surface area contributed by atoms with E-state index in [1.807, 2.05) is 6.92 Å². The summed E-state index contributed by atoms with van der Waals surface area (Å²) in [5.74, 6) is 0. The molecule has 5 nitrogen and oxygen atoms in total. The summed E-state index contributed by atoms with van der Waals surface area (Å²) in [4.78, 5) is 13.3. The molecule has 0 aromatic carbocycles. The van der Waals surface area contributed by atoms with Crippen LogP contribution in [0.15, 0.2) is 4.99 Å².